The number of amides is 3. The first-order valence-electron chi connectivity index (χ1n) is 7.97. The van der Waals surface area contributed by atoms with E-state index in [-0.39, 0.29) is 11.9 Å². The summed E-state index contributed by atoms with van der Waals surface area (Å²) in [5, 5.41) is 2.15. The number of carbonyl (C=O) groups is 2. The maximum atomic E-state index is 11.8. The van der Waals surface area contributed by atoms with E-state index in [1.165, 1.54) is 5.56 Å². The zero-order valence-corrected chi connectivity index (χ0v) is 13.7. The number of likely N-dealkylation sites (tertiary alicyclic amines) is 1. The van der Waals surface area contributed by atoms with Gasteiger partial charge in [0.1, 0.15) is 5.75 Å². The number of primary amides is 1. The molecule has 23 heavy (non-hydrogen) atoms. The number of hydrogen-bond acceptors (Lipinski definition) is 4. The lowest BCUT2D eigenvalue weighted by molar-refractivity contribution is -0.125. The van der Waals surface area contributed by atoms with Crippen molar-refractivity contribution >= 4 is 11.9 Å². The van der Waals surface area contributed by atoms with Gasteiger partial charge in [-0.05, 0) is 56.8 Å². The lowest BCUT2D eigenvalue weighted by atomic mass is 9.89. The third-order valence-electron chi connectivity index (χ3n) is 4.52. The summed E-state index contributed by atoms with van der Waals surface area (Å²) in [5.74, 6) is 1.18. The van der Waals surface area contributed by atoms with Gasteiger partial charge < -0.3 is 10.5 Å². The van der Waals surface area contributed by atoms with Crippen molar-refractivity contribution in [3.05, 3.63) is 29.8 Å². The Labute approximate surface area is 137 Å². The molecule has 6 nitrogen and oxygen atoms in total. The third-order valence-corrected chi connectivity index (χ3v) is 4.52. The topological polar surface area (TPSA) is 84.7 Å². The number of urea groups is 1. The van der Waals surface area contributed by atoms with Crippen LogP contribution in [0.3, 0.4) is 0 Å². The second kappa shape index (κ2) is 7.97. The van der Waals surface area contributed by atoms with Crippen molar-refractivity contribution < 1.29 is 14.3 Å². The summed E-state index contributed by atoms with van der Waals surface area (Å²) in [7, 11) is 1.69. The maximum Gasteiger partial charge on any atom is 0.318 e. The molecule has 1 aromatic carbocycles. The van der Waals surface area contributed by atoms with Crippen LogP contribution in [0.5, 0.6) is 5.75 Å². The van der Waals surface area contributed by atoms with Crippen molar-refractivity contribution in [1.29, 1.82) is 0 Å². The van der Waals surface area contributed by atoms with E-state index in [1.807, 2.05) is 18.2 Å². The largest absolute Gasteiger partial charge is 0.496 e. The van der Waals surface area contributed by atoms with Gasteiger partial charge in [-0.1, -0.05) is 18.2 Å². The van der Waals surface area contributed by atoms with Crippen LogP contribution in [-0.2, 0) is 11.2 Å². The zero-order chi connectivity index (χ0) is 16.8. The van der Waals surface area contributed by atoms with Crippen molar-refractivity contribution in [2.75, 3.05) is 20.2 Å². The number of nitrogens with one attached hydrogen (secondary N) is 1. The summed E-state index contributed by atoms with van der Waals surface area (Å²) in [6.45, 7) is 3.49. The SMILES string of the molecule is COc1ccccc1CC1CCN(C(C)C(=O)NC(N)=O)CC1. The summed E-state index contributed by atoms with van der Waals surface area (Å²) in [4.78, 5) is 24.7. The Kier molecular flexibility index (Phi) is 5.98. The second-order valence-electron chi connectivity index (χ2n) is 6.02. The fourth-order valence-corrected chi connectivity index (χ4v) is 3.12. The average Bonchev–Trinajstić information content (AvgIpc) is 2.55. The molecule has 3 N–H and O–H groups in total. The van der Waals surface area contributed by atoms with Crippen LogP contribution in [0.1, 0.15) is 25.3 Å². The molecule has 1 aliphatic rings. The summed E-state index contributed by atoms with van der Waals surface area (Å²) < 4.78 is 5.41. The minimum absolute atomic E-state index is 0.333. The van der Waals surface area contributed by atoms with E-state index in [9.17, 15) is 9.59 Å². The monoisotopic (exact) mass is 319 g/mol. The molecule has 0 bridgehead atoms. The van der Waals surface area contributed by atoms with E-state index in [0.717, 1.165) is 38.1 Å². The van der Waals surface area contributed by atoms with Crippen LogP contribution in [0.25, 0.3) is 0 Å². The summed E-state index contributed by atoms with van der Waals surface area (Å²) >= 11 is 0. The Hall–Kier alpha value is -2.08. The van der Waals surface area contributed by atoms with Gasteiger partial charge in [-0.3, -0.25) is 15.0 Å². The average molecular weight is 319 g/mol. The van der Waals surface area contributed by atoms with Gasteiger partial charge in [0.05, 0.1) is 13.2 Å². The molecule has 1 atom stereocenters. The van der Waals surface area contributed by atoms with Crippen LogP contribution in [0.15, 0.2) is 24.3 Å². The highest BCUT2D eigenvalue weighted by atomic mass is 16.5. The molecular formula is C17H25N3O3. The highest BCUT2D eigenvalue weighted by molar-refractivity contribution is 5.96. The van der Waals surface area contributed by atoms with Gasteiger partial charge in [-0.15, -0.1) is 0 Å². The fraction of sp³-hybridized carbons (Fsp3) is 0.529. The number of carbonyl (C=O) groups excluding carboxylic acids is 2. The van der Waals surface area contributed by atoms with Gasteiger partial charge >= 0.3 is 6.03 Å². The molecule has 1 fully saturated rings. The van der Waals surface area contributed by atoms with Crippen molar-refractivity contribution in [2.24, 2.45) is 11.7 Å². The number of nitrogens with zero attached hydrogens (tertiary/aromatic N) is 1. The first-order valence-corrected chi connectivity index (χ1v) is 7.97. The number of methoxy groups -OCH3 is 1. The van der Waals surface area contributed by atoms with Gasteiger partial charge in [-0.25, -0.2) is 4.79 Å². The number of benzene rings is 1. The van der Waals surface area contributed by atoms with E-state index in [4.69, 9.17) is 10.5 Å². The van der Waals surface area contributed by atoms with Gasteiger partial charge in [0, 0.05) is 0 Å². The normalized spacial score (nSPS) is 17.5. The van der Waals surface area contributed by atoms with E-state index in [2.05, 4.69) is 16.3 Å². The Morgan fingerprint density at radius 3 is 2.61 bits per heavy atom. The van der Waals surface area contributed by atoms with Crippen LogP contribution in [0.4, 0.5) is 4.79 Å². The van der Waals surface area contributed by atoms with E-state index < -0.39 is 6.03 Å². The van der Waals surface area contributed by atoms with Gasteiger partial charge in [0.15, 0.2) is 0 Å². The molecule has 1 aliphatic heterocycles. The predicted octanol–water partition coefficient (Wildman–Crippen LogP) is 1.53. The van der Waals surface area contributed by atoms with E-state index in [0.29, 0.717) is 5.92 Å². The van der Waals surface area contributed by atoms with E-state index in [1.54, 1.807) is 14.0 Å². The first-order chi connectivity index (χ1) is 11.0. The molecule has 0 spiro atoms. The zero-order valence-electron chi connectivity index (χ0n) is 13.7. The molecule has 6 heteroatoms. The van der Waals surface area contributed by atoms with Gasteiger partial charge in [0.25, 0.3) is 0 Å². The molecule has 0 aliphatic carbocycles. The van der Waals surface area contributed by atoms with Crippen molar-refractivity contribution in [2.45, 2.75) is 32.2 Å². The molecule has 1 unspecified atom stereocenters. The number of imide groups is 1. The Balaban J connectivity index is 1.86. The lowest BCUT2D eigenvalue weighted by Crippen LogP contribution is -2.50. The Morgan fingerprint density at radius 1 is 1.35 bits per heavy atom. The molecule has 1 saturated heterocycles. The molecule has 126 valence electrons. The Bertz CT molecular complexity index is 554. The van der Waals surface area contributed by atoms with Crippen LogP contribution >= 0.6 is 0 Å². The molecule has 0 aromatic heterocycles. The lowest BCUT2D eigenvalue weighted by Gasteiger charge is -2.35. The number of ether oxygens (including phenoxy) is 1. The van der Waals surface area contributed by atoms with Crippen molar-refractivity contribution in [3.63, 3.8) is 0 Å². The molecule has 1 heterocycles. The molecule has 3 amide bonds. The quantitative estimate of drug-likeness (QED) is 0.862. The van der Waals surface area contributed by atoms with Gasteiger partial charge in [0.2, 0.25) is 5.91 Å². The maximum absolute atomic E-state index is 11.8. The second-order valence-corrected chi connectivity index (χ2v) is 6.02. The predicted molar refractivity (Wildman–Crippen MR) is 88.2 cm³/mol. The Morgan fingerprint density at radius 2 is 2.00 bits per heavy atom. The minimum atomic E-state index is -0.798. The van der Waals surface area contributed by atoms with Crippen LogP contribution in [-0.4, -0.2) is 43.1 Å². The fourth-order valence-electron chi connectivity index (χ4n) is 3.12. The third kappa shape index (κ3) is 4.69. The van der Waals surface area contributed by atoms with E-state index >= 15 is 0 Å². The highest BCUT2D eigenvalue weighted by Crippen LogP contribution is 2.27. The smallest absolute Gasteiger partial charge is 0.318 e. The first kappa shape index (κ1) is 17.3. The number of piperidine rings is 1. The van der Waals surface area contributed by atoms with Crippen LogP contribution < -0.4 is 15.8 Å². The minimum Gasteiger partial charge on any atom is -0.496 e. The number of para-hydroxylation sites is 1. The molecule has 0 radical (unpaired) electrons. The highest BCUT2D eigenvalue weighted by Gasteiger charge is 2.27. The van der Waals surface area contributed by atoms with Crippen molar-refractivity contribution in [1.82, 2.24) is 10.2 Å². The van der Waals surface area contributed by atoms with Crippen LogP contribution in [0.2, 0.25) is 0 Å². The van der Waals surface area contributed by atoms with Crippen LogP contribution in [0, 0.1) is 5.92 Å². The number of hydrogen-bond donors (Lipinski definition) is 2. The number of nitrogens with two attached hydrogens (primary N) is 1. The summed E-state index contributed by atoms with van der Waals surface area (Å²) in [5.41, 5.74) is 6.22. The van der Waals surface area contributed by atoms with Crippen molar-refractivity contribution in [3.8, 4) is 5.75 Å². The summed E-state index contributed by atoms with van der Waals surface area (Å²) in [6, 6.07) is 6.96. The molecule has 0 saturated carbocycles. The molecule has 1 aromatic rings. The van der Waals surface area contributed by atoms with Gasteiger partial charge in [-0.2, -0.15) is 0 Å². The number of rotatable bonds is 5. The molecular weight excluding hydrogens is 294 g/mol. The molecule has 2 rings (SSSR count). The summed E-state index contributed by atoms with van der Waals surface area (Å²) in [6.07, 6.45) is 3.03. The standard InChI is InChI=1S/C17H25N3O3/c1-12(16(21)19-17(18)22)20-9-7-13(8-10-20)11-14-5-3-4-6-15(14)23-2/h3-6,12-13H,7-11H2,1-2H3,(H3,18,19,21,22).